The summed E-state index contributed by atoms with van der Waals surface area (Å²) in [5.74, 6) is 0.237. The first-order chi connectivity index (χ1) is 11.1. The number of ether oxygens (including phenoxy) is 1. The van der Waals surface area contributed by atoms with Gasteiger partial charge in [0.15, 0.2) is 0 Å². The van der Waals surface area contributed by atoms with Gasteiger partial charge in [-0.25, -0.2) is 5.43 Å². The molecule has 0 aliphatic carbocycles. The van der Waals surface area contributed by atoms with Crippen LogP contribution in [0, 0.1) is 10.1 Å². The normalized spacial score (nSPS) is 10.5. The number of non-ortho nitro benzene ring substituents is 1. The number of hydrogen-bond acceptors (Lipinski definition) is 5. The number of hydrazone groups is 1. The Hall–Kier alpha value is -3.22. The molecule has 0 saturated carbocycles. The van der Waals surface area contributed by atoms with Crippen LogP contribution in [0.5, 0.6) is 5.75 Å². The molecule has 0 radical (unpaired) electrons. The van der Waals surface area contributed by atoms with E-state index in [0.29, 0.717) is 6.61 Å². The van der Waals surface area contributed by atoms with E-state index >= 15 is 0 Å². The van der Waals surface area contributed by atoms with Crippen molar-refractivity contribution in [3.05, 3.63) is 69.8 Å². The van der Waals surface area contributed by atoms with Crippen molar-refractivity contribution >= 4 is 17.8 Å². The van der Waals surface area contributed by atoms with Gasteiger partial charge in [0.2, 0.25) is 0 Å². The molecule has 1 N–H and O–H groups in total. The average molecular weight is 313 g/mol. The molecule has 0 atom stereocenters. The second-order valence-electron chi connectivity index (χ2n) is 4.51. The fourth-order valence-electron chi connectivity index (χ4n) is 1.81. The van der Waals surface area contributed by atoms with Gasteiger partial charge in [0, 0.05) is 17.7 Å². The van der Waals surface area contributed by atoms with Gasteiger partial charge in [0.25, 0.3) is 11.6 Å². The first-order valence-corrected chi connectivity index (χ1v) is 6.91. The van der Waals surface area contributed by atoms with Crippen molar-refractivity contribution in [2.24, 2.45) is 5.10 Å². The summed E-state index contributed by atoms with van der Waals surface area (Å²) in [6.07, 6.45) is 1.48. The summed E-state index contributed by atoms with van der Waals surface area (Å²) in [6.45, 7) is 2.49. The van der Waals surface area contributed by atoms with Gasteiger partial charge in [0.05, 0.1) is 17.7 Å². The molecule has 2 aromatic rings. The van der Waals surface area contributed by atoms with Crippen molar-refractivity contribution in [1.82, 2.24) is 5.43 Å². The summed E-state index contributed by atoms with van der Waals surface area (Å²) in [4.78, 5) is 22.0. The Morgan fingerprint density at radius 2 is 2.04 bits per heavy atom. The standard InChI is InChI=1S/C16H15N3O4/c1-2-23-15-8-6-12(7-9-15)11-17-18-16(20)13-4-3-5-14(10-13)19(21)22/h3-11H,2H2,1H3,(H,18,20). The van der Waals surface area contributed by atoms with Crippen molar-refractivity contribution in [1.29, 1.82) is 0 Å². The highest BCUT2D eigenvalue weighted by molar-refractivity contribution is 5.95. The lowest BCUT2D eigenvalue weighted by atomic mass is 10.2. The third kappa shape index (κ3) is 4.63. The van der Waals surface area contributed by atoms with Crippen LogP contribution < -0.4 is 10.2 Å². The van der Waals surface area contributed by atoms with Crippen LogP contribution in [0.3, 0.4) is 0 Å². The summed E-state index contributed by atoms with van der Waals surface area (Å²) in [7, 11) is 0. The fourth-order valence-corrected chi connectivity index (χ4v) is 1.81. The monoisotopic (exact) mass is 313 g/mol. The van der Waals surface area contributed by atoms with E-state index in [4.69, 9.17) is 4.74 Å². The number of nitro benzene ring substituents is 1. The molecule has 1 amide bonds. The molecule has 0 bridgehead atoms. The molecular formula is C16H15N3O4. The molecule has 23 heavy (non-hydrogen) atoms. The van der Waals surface area contributed by atoms with Crippen molar-refractivity contribution in [3.8, 4) is 5.75 Å². The Morgan fingerprint density at radius 3 is 2.70 bits per heavy atom. The van der Waals surface area contributed by atoms with Gasteiger partial charge in [-0.05, 0) is 42.8 Å². The van der Waals surface area contributed by atoms with Crippen LogP contribution in [-0.2, 0) is 0 Å². The molecule has 0 heterocycles. The van der Waals surface area contributed by atoms with E-state index in [1.165, 1.54) is 30.5 Å². The molecule has 0 saturated heterocycles. The molecule has 0 aliphatic heterocycles. The van der Waals surface area contributed by atoms with Gasteiger partial charge >= 0.3 is 0 Å². The van der Waals surface area contributed by atoms with E-state index in [-0.39, 0.29) is 11.3 Å². The zero-order chi connectivity index (χ0) is 16.7. The maximum atomic E-state index is 11.9. The zero-order valence-corrected chi connectivity index (χ0v) is 12.4. The molecule has 0 aromatic heterocycles. The predicted octanol–water partition coefficient (Wildman–Crippen LogP) is 2.76. The molecule has 0 fully saturated rings. The van der Waals surface area contributed by atoms with Gasteiger partial charge in [0.1, 0.15) is 5.75 Å². The van der Waals surface area contributed by atoms with Gasteiger partial charge in [-0.1, -0.05) is 6.07 Å². The number of carbonyl (C=O) groups is 1. The molecule has 7 heteroatoms. The molecule has 7 nitrogen and oxygen atoms in total. The van der Waals surface area contributed by atoms with Gasteiger partial charge in [-0.15, -0.1) is 0 Å². The lowest BCUT2D eigenvalue weighted by Gasteiger charge is -2.02. The van der Waals surface area contributed by atoms with E-state index in [9.17, 15) is 14.9 Å². The smallest absolute Gasteiger partial charge is 0.271 e. The second kappa shape index (κ2) is 7.69. The van der Waals surface area contributed by atoms with E-state index in [1.807, 2.05) is 6.92 Å². The Morgan fingerprint density at radius 1 is 1.30 bits per heavy atom. The third-order valence-corrected chi connectivity index (χ3v) is 2.89. The van der Waals surface area contributed by atoms with Gasteiger partial charge in [-0.2, -0.15) is 5.10 Å². The number of nitrogens with zero attached hydrogens (tertiary/aromatic N) is 2. The number of rotatable bonds is 6. The molecule has 118 valence electrons. The molecule has 2 aromatic carbocycles. The molecule has 0 spiro atoms. The highest BCUT2D eigenvalue weighted by atomic mass is 16.6. The van der Waals surface area contributed by atoms with Crippen LogP contribution in [0.15, 0.2) is 53.6 Å². The molecule has 0 unspecified atom stereocenters. The SMILES string of the molecule is CCOc1ccc(C=NNC(=O)c2cccc([N+](=O)[O-])c2)cc1. The third-order valence-electron chi connectivity index (χ3n) is 2.89. The van der Waals surface area contributed by atoms with E-state index < -0.39 is 10.8 Å². The largest absolute Gasteiger partial charge is 0.494 e. The van der Waals surface area contributed by atoms with Crippen molar-refractivity contribution < 1.29 is 14.5 Å². The van der Waals surface area contributed by atoms with Gasteiger partial charge in [-0.3, -0.25) is 14.9 Å². The molecule has 2 rings (SSSR count). The summed E-state index contributed by atoms with van der Waals surface area (Å²) < 4.78 is 5.32. The lowest BCUT2D eigenvalue weighted by molar-refractivity contribution is -0.384. The number of nitro groups is 1. The van der Waals surface area contributed by atoms with Crippen LogP contribution in [0.1, 0.15) is 22.8 Å². The topological polar surface area (TPSA) is 93.8 Å². The van der Waals surface area contributed by atoms with E-state index in [0.717, 1.165) is 11.3 Å². The Kier molecular flexibility index (Phi) is 5.40. The predicted molar refractivity (Wildman–Crippen MR) is 85.8 cm³/mol. The highest BCUT2D eigenvalue weighted by Crippen LogP contribution is 2.13. The summed E-state index contributed by atoms with van der Waals surface area (Å²) in [5.41, 5.74) is 3.14. The number of nitrogens with one attached hydrogen (secondary N) is 1. The Bertz CT molecular complexity index is 726. The first-order valence-electron chi connectivity index (χ1n) is 6.91. The average Bonchev–Trinajstić information content (AvgIpc) is 2.56. The fraction of sp³-hybridized carbons (Fsp3) is 0.125. The van der Waals surface area contributed by atoms with Gasteiger partial charge < -0.3 is 4.74 Å². The first kappa shape index (κ1) is 16.2. The summed E-state index contributed by atoms with van der Waals surface area (Å²) in [6, 6.07) is 12.6. The zero-order valence-electron chi connectivity index (χ0n) is 12.4. The van der Waals surface area contributed by atoms with E-state index in [2.05, 4.69) is 10.5 Å². The van der Waals surface area contributed by atoms with Crippen LogP contribution in [0.2, 0.25) is 0 Å². The summed E-state index contributed by atoms with van der Waals surface area (Å²) in [5, 5.41) is 14.5. The Balaban J connectivity index is 1.98. The van der Waals surface area contributed by atoms with Crippen molar-refractivity contribution in [2.75, 3.05) is 6.61 Å². The number of amides is 1. The number of hydrogen-bond donors (Lipinski definition) is 1. The Labute approximate surface area is 132 Å². The van der Waals surface area contributed by atoms with Crippen LogP contribution in [0.4, 0.5) is 5.69 Å². The van der Waals surface area contributed by atoms with Crippen LogP contribution in [0.25, 0.3) is 0 Å². The molecule has 0 aliphatic rings. The minimum absolute atomic E-state index is 0.145. The van der Waals surface area contributed by atoms with Crippen molar-refractivity contribution in [3.63, 3.8) is 0 Å². The van der Waals surface area contributed by atoms with Crippen LogP contribution >= 0.6 is 0 Å². The maximum Gasteiger partial charge on any atom is 0.271 e. The maximum absolute atomic E-state index is 11.9. The summed E-state index contributed by atoms with van der Waals surface area (Å²) >= 11 is 0. The highest BCUT2D eigenvalue weighted by Gasteiger charge is 2.10. The van der Waals surface area contributed by atoms with E-state index in [1.54, 1.807) is 24.3 Å². The minimum atomic E-state index is -0.556. The number of carbonyl (C=O) groups excluding carboxylic acids is 1. The lowest BCUT2D eigenvalue weighted by Crippen LogP contribution is -2.17. The molecular weight excluding hydrogens is 298 g/mol. The quantitative estimate of drug-likeness (QED) is 0.504. The van der Waals surface area contributed by atoms with Crippen LogP contribution in [-0.4, -0.2) is 23.7 Å². The number of benzene rings is 2. The minimum Gasteiger partial charge on any atom is -0.494 e. The second-order valence-corrected chi connectivity index (χ2v) is 4.51. The van der Waals surface area contributed by atoms with Crippen molar-refractivity contribution in [2.45, 2.75) is 6.92 Å².